The van der Waals surface area contributed by atoms with Gasteiger partial charge >= 0.3 is 0 Å². The average molecular weight is 406 g/mol. The predicted molar refractivity (Wildman–Crippen MR) is 104 cm³/mol. The third kappa shape index (κ3) is 5.18. The number of aliphatic hydroxyl groups excluding tert-OH is 2. The molecule has 0 fully saturated rings. The first-order chi connectivity index (χ1) is 13.3. The number of nitrogens with one attached hydrogen (secondary N) is 2. The Morgan fingerprint density at radius 3 is 2.32 bits per heavy atom. The number of nitrogens with zero attached hydrogens (tertiary/aromatic N) is 2. The van der Waals surface area contributed by atoms with Crippen molar-refractivity contribution in [3.05, 3.63) is 53.6 Å². The summed E-state index contributed by atoms with van der Waals surface area (Å²) in [7, 11) is -4.10. The lowest BCUT2D eigenvalue weighted by Crippen LogP contribution is -2.35. The summed E-state index contributed by atoms with van der Waals surface area (Å²) in [6.07, 6.45) is 0. The fourth-order valence-electron chi connectivity index (χ4n) is 2.61. The maximum absolute atomic E-state index is 11.9. The predicted octanol–water partition coefficient (Wildman–Crippen LogP) is 0.0951. The molecule has 0 saturated carbocycles. The second-order valence-corrected chi connectivity index (χ2v) is 7.46. The second kappa shape index (κ2) is 9.48. The lowest BCUT2D eigenvalue weighted by molar-refractivity contribution is 0.170. The maximum atomic E-state index is 11.9. The molecule has 150 valence electrons. The van der Waals surface area contributed by atoms with E-state index in [0.717, 1.165) is 5.56 Å². The molecular weight excluding hydrogens is 384 g/mol. The molecule has 0 heterocycles. The molecular formula is C17H22N6O4S. The van der Waals surface area contributed by atoms with Gasteiger partial charge in [0.2, 0.25) is 10.0 Å². The summed E-state index contributed by atoms with van der Waals surface area (Å²) in [6.45, 7) is 0.0551. The SMILES string of the molecule is N=C(N=NN)c1c(-c2ccc(CNC(CO)CO)cc2)cccc1S(N)(=O)=O. The van der Waals surface area contributed by atoms with E-state index in [-0.39, 0.29) is 23.7 Å². The Kier molecular flexibility index (Phi) is 7.31. The molecule has 2 aromatic rings. The van der Waals surface area contributed by atoms with Crippen LogP contribution in [0.25, 0.3) is 11.1 Å². The number of sulfonamides is 1. The first-order valence-corrected chi connectivity index (χ1v) is 9.76. The van der Waals surface area contributed by atoms with Gasteiger partial charge in [-0.3, -0.25) is 5.41 Å². The third-order valence-electron chi connectivity index (χ3n) is 4.03. The summed E-state index contributed by atoms with van der Waals surface area (Å²) in [5.41, 5.74) is 1.97. The number of amidine groups is 1. The van der Waals surface area contributed by atoms with E-state index < -0.39 is 21.9 Å². The van der Waals surface area contributed by atoms with E-state index >= 15 is 0 Å². The lowest BCUT2D eigenvalue weighted by Gasteiger charge is -2.14. The minimum Gasteiger partial charge on any atom is -0.395 e. The van der Waals surface area contributed by atoms with Crippen LogP contribution in [0.15, 0.2) is 57.7 Å². The van der Waals surface area contributed by atoms with E-state index in [4.69, 9.17) is 26.6 Å². The molecule has 0 aliphatic heterocycles. The van der Waals surface area contributed by atoms with Gasteiger partial charge in [0.15, 0.2) is 5.84 Å². The topological polar surface area (TPSA) is 187 Å². The molecule has 0 bridgehead atoms. The van der Waals surface area contributed by atoms with Gasteiger partial charge < -0.3 is 21.4 Å². The molecule has 0 aliphatic rings. The number of nitrogens with two attached hydrogens (primary N) is 2. The van der Waals surface area contributed by atoms with Gasteiger partial charge in [-0.05, 0) is 22.8 Å². The number of hydrogen-bond donors (Lipinski definition) is 6. The molecule has 8 N–H and O–H groups in total. The van der Waals surface area contributed by atoms with Gasteiger partial charge in [-0.2, -0.15) is 0 Å². The van der Waals surface area contributed by atoms with E-state index in [2.05, 4.69) is 15.7 Å². The minimum absolute atomic E-state index is 0.00528. The monoisotopic (exact) mass is 406 g/mol. The van der Waals surface area contributed by atoms with Gasteiger partial charge in [0.25, 0.3) is 0 Å². The number of hydrogen-bond acceptors (Lipinski definition) is 7. The van der Waals surface area contributed by atoms with Crippen LogP contribution in [0.2, 0.25) is 0 Å². The lowest BCUT2D eigenvalue weighted by atomic mass is 9.98. The molecule has 0 aromatic heterocycles. The molecule has 28 heavy (non-hydrogen) atoms. The summed E-state index contributed by atoms with van der Waals surface area (Å²) in [5.74, 6) is 4.58. The van der Waals surface area contributed by atoms with Crippen molar-refractivity contribution in [2.75, 3.05) is 13.2 Å². The van der Waals surface area contributed by atoms with E-state index in [0.29, 0.717) is 17.7 Å². The molecule has 0 unspecified atom stereocenters. The van der Waals surface area contributed by atoms with Crippen LogP contribution in [0, 0.1) is 5.41 Å². The van der Waals surface area contributed by atoms with E-state index in [1.807, 2.05) is 0 Å². The van der Waals surface area contributed by atoms with Gasteiger partial charge in [0.1, 0.15) is 0 Å². The largest absolute Gasteiger partial charge is 0.395 e. The molecule has 0 radical (unpaired) electrons. The molecule has 0 aliphatic carbocycles. The summed E-state index contributed by atoms with van der Waals surface area (Å²) in [5, 5.41) is 41.0. The van der Waals surface area contributed by atoms with Crippen LogP contribution in [0.1, 0.15) is 11.1 Å². The van der Waals surface area contributed by atoms with Crippen LogP contribution in [-0.4, -0.2) is 43.7 Å². The van der Waals surface area contributed by atoms with Crippen LogP contribution >= 0.6 is 0 Å². The smallest absolute Gasteiger partial charge is 0.238 e. The Morgan fingerprint density at radius 2 is 1.79 bits per heavy atom. The normalized spacial score (nSPS) is 12.0. The van der Waals surface area contributed by atoms with Crippen LogP contribution in [0.4, 0.5) is 0 Å². The Hall–Kier alpha value is -2.70. The average Bonchev–Trinajstić information content (AvgIpc) is 2.68. The molecule has 0 atom stereocenters. The van der Waals surface area contributed by atoms with Crippen molar-refractivity contribution in [2.24, 2.45) is 21.3 Å². The van der Waals surface area contributed by atoms with Crippen molar-refractivity contribution in [3.63, 3.8) is 0 Å². The van der Waals surface area contributed by atoms with Crippen molar-refractivity contribution < 1.29 is 18.6 Å². The molecule has 10 nitrogen and oxygen atoms in total. The van der Waals surface area contributed by atoms with Gasteiger partial charge in [-0.1, -0.05) is 41.6 Å². The number of aliphatic hydroxyl groups is 2. The van der Waals surface area contributed by atoms with Crippen molar-refractivity contribution in [1.82, 2.24) is 5.32 Å². The fraction of sp³-hybridized carbons (Fsp3) is 0.235. The second-order valence-electron chi connectivity index (χ2n) is 5.93. The van der Waals surface area contributed by atoms with Crippen molar-refractivity contribution in [2.45, 2.75) is 17.5 Å². The van der Waals surface area contributed by atoms with Gasteiger partial charge in [-0.15, -0.1) is 5.11 Å². The molecule has 0 saturated heterocycles. The Morgan fingerprint density at radius 1 is 1.14 bits per heavy atom. The quantitative estimate of drug-likeness (QED) is 0.118. The standard InChI is InChI=1S/C17H22N6O4S/c18-17(22-23-19)16-14(2-1-3-15(16)28(20,26)27)12-6-4-11(5-7-12)8-21-13(9-24)10-25/h1-7,13,21,24-25H,8-10H2,(H3,18,19,22)(H2,20,26,27). The fourth-order valence-corrected chi connectivity index (χ4v) is 3.37. The minimum atomic E-state index is -4.10. The highest BCUT2D eigenvalue weighted by Crippen LogP contribution is 2.29. The molecule has 2 aromatic carbocycles. The molecule has 2 rings (SSSR count). The van der Waals surface area contributed by atoms with Crippen molar-refractivity contribution in [3.8, 4) is 11.1 Å². The summed E-state index contributed by atoms with van der Waals surface area (Å²) < 4.78 is 23.9. The molecule has 0 spiro atoms. The first kappa shape index (κ1) is 21.6. The van der Waals surface area contributed by atoms with Gasteiger partial charge in [0.05, 0.1) is 24.2 Å². The van der Waals surface area contributed by atoms with Crippen LogP contribution in [-0.2, 0) is 16.6 Å². The third-order valence-corrected chi connectivity index (χ3v) is 4.98. The Bertz CT molecular complexity index is 956. The van der Waals surface area contributed by atoms with E-state index in [1.54, 1.807) is 30.3 Å². The summed E-state index contributed by atoms with van der Waals surface area (Å²) in [6, 6.07) is 11.1. The number of benzene rings is 2. The maximum Gasteiger partial charge on any atom is 0.238 e. The van der Waals surface area contributed by atoms with Crippen molar-refractivity contribution in [1.29, 1.82) is 5.41 Å². The van der Waals surface area contributed by atoms with Gasteiger partial charge in [-0.25, -0.2) is 13.6 Å². The van der Waals surface area contributed by atoms with E-state index in [1.165, 1.54) is 12.1 Å². The molecule has 11 heteroatoms. The van der Waals surface area contributed by atoms with Crippen LogP contribution in [0.3, 0.4) is 0 Å². The first-order valence-electron chi connectivity index (χ1n) is 8.22. The van der Waals surface area contributed by atoms with Gasteiger partial charge in [0, 0.05) is 12.1 Å². The summed E-state index contributed by atoms with van der Waals surface area (Å²) >= 11 is 0. The number of primary sulfonamides is 1. The van der Waals surface area contributed by atoms with E-state index in [9.17, 15) is 8.42 Å². The van der Waals surface area contributed by atoms with Crippen molar-refractivity contribution >= 4 is 15.9 Å². The number of rotatable bonds is 8. The highest BCUT2D eigenvalue weighted by molar-refractivity contribution is 7.89. The highest BCUT2D eigenvalue weighted by Gasteiger charge is 2.21. The highest BCUT2D eigenvalue weighted by atomic mass is 32.2. The zero-order chi connectivity index (χ0) is 20.7. The molecule has 0 amide bonds. The van der Waals surface area contributed by atoms with Crippen LogP contribution in [0.5, 0.6) is 0 Å². The zero-order valence-electron chi connectivity index (χ0n) is 14.9. The summed E-state index contributed by atoms with van der Waals surface area (Å²) in [4.78, 5) is -0.248. The Balaban J connectivity index is 2.43. The Labute approximate surface area is 162 Å². The van der Waals surface area contributed by atoms with Crippen LogP contribution < -0.4 is 16.3 Å². The zero-order valence-corrected chi connectivity index (χ0v) is 15.7.